The fourth-order valence-corrected chi connectivity index (χ4v) is 2.20. The van der Waals surface area contributed by atoms with Gasteiger partial charge in [-0.15, -0.1) is 10.2 Å². The van der Waals surface area contributed by atoms with E-state index in [-0.39, 0.29) is 5.54 Å². The summed E-state index contributed by atoms with van der Waals surface area (Å²) in [4.78, 5) is 0. The van der Waals surface area contributed by atoms with Crippen LogP contribution in [0.4, 0.5) is 0 Å². The zero-order valence-electron chi connectivity index (χ0n) is 10.8. The smallest absolute Gasteiger partial charge is 0.164 e. The molecule has 0 amide bonds. The summed E-state index contributed by atoms with van der Waals surface area (Å²) in [6, 6.07) is 8.05. The predicted molar refractivity (Wildman–Crippen MR) is 76.0 cm³/mol. The van der Waals surface area contributed by atoms with Gasteiger partial charge in [0.15, 0.2) is 5.82 Å². The van der Waals surface area contributed by atoms with Gasteiger partial charge in [-0.05, 0) is 32.9 Å². The lowest BCUT2D eigenvalue weighted by molar-refractivity contribution is 0.386. The molecule has 0 saturated carbocycles. The summed E-state index contributed by atoms with van der Waals surface area (Å²) in [5, 5.41) is 8.45. The summed E-state index contributed by atoms with van der Waals surface area (Å²) in [6.45, 7) is 6.76. The third-order valence-corrected chi connectivity index (χ3v) is 3.21. The van der Waals surface area contributed by atoms with E-state index in [9.17, 15) is 0 Å². The van der Waals surface area contributed by atoms with E-state index in [0.717, 1.165) is 21.7 Å². The van der Waals surface area contributed by atoms with E-state index in [4.69, 9.17) is 5.73 Å². The number of halogens is 1. The average molecular weight is 309 g/mol. The molecular formula is C13H17BrN4. The molecule has 18 heavy (non-hydrogen) atoms. The van der Waals surface area contributed by atoms with Crippen LogP contribution in [0.3, 0.4) is 0 Å². The second-order valence-electron chi connectivity index (χ2n) is 5.16. The number of nitrogens with zero attached hydrogens (tertiary/aromatic N) is 3. The first-order chi connectivity index (χ1) is 8.43. The van der Waals surface area contributed by atoms with Gasteiger partial charge in [0.05, 0.1) is 6.54 Å². The van der Waals surface area contributed by atoms with Crippen LogP contribution < -0.4 is 5.73 Å². The van der Waals surface area contributed by atoms with Crippen molar-refractivity contribution in [2.45, 2.75) is 32.9 Å². The second-order valence-corrected chi connectivity index (χ2v) is 6.07. The molecule has 5 heteroatoms. The molecule has 0 aliphatic carbocycles. The maximum atomic E-state index is 5.73. The fourth-order valence-electron chi connectivity index (χ4n) is 1.94. The molecule has 0 bridgehead atoms. The molecule has 0 aliphatic heterocycles. The Morgan fingerprint density at radius 1 is 1.17 bits per heavy atom. The van der Waals surface area contributed by atoms with E-state index < -0.39 is 0 Å². The van der Waals surface area contributed by atoms with Crippen molar-refractivity contribution in [1.29, 1.82) is 0 Å². The highest BCUT2D eigenvalue weighted by Gasteiger charge is 2.22. The Bertz CT molecular complexity index is 537. The Morgan fingerprint density at radius 3 is 2.28 bits per heavy atom. The van der Waals surface area contributed by atoms with Gasteiger partial charge in [-0.25, -0.2) is 0 Å². The first-order valence-electron chi connectivity index (χ1n) is 5.84. The SMILES string of the molecule is CC(C)(C)n1c(CN)nnc1-c1ccc(Br)cc1. The van der Waals surface area contributed by atoms with Crippen molar-refractivity contribution in [2.75, 3.05) is 0 Å². The van der Waals surface area contributed by atoms with Crippen LogP contribution in [0.15, 0.2) is 28.7 Å². The minimum atomic E-state index is -0.0966. The number of hydrogen-bond donors (Lipinski definition) is 1. The summed E-state index contributed by atoms with van der Waals surface area (Å²) < 4.78 is 3.14. The van der Waals surface area contributed by atoms with E-state index in [1.165, 1.54) is 0 Å². The summed E-state index contributed by atoms with van der Waals surface area (Å²) in [7, 11) is 0. The number of aromatic nitrogens is 3. The third kappa shape index (κ3) is 2.47. The lowest BCUT2D eigenvalue weighted by Gasteiger charge is -2.24. The highest BCUT2D eigenvalue weighted by molar-refractivity contribution is 9.10. The Kier molecular flexibility index (Phi) is 3.54. The summed E-state index contributed by atoms with van der Waals surface area (Å²) >= 11 is 3.43. The van der Waals surface area contributed by atoms with Crippen molar-refractivity contribution >= 4 is 15.9 Å². The summed E-state index contributed by atoms with van der Waals surface area (Å²) in [5.74, 6) is 1.66. The largest absolute Gasteiger partial charge is 0.324 e. The fraction of sp³-hybridized carbons (Fsp3) is 0.385. The Hall–Kier alpha value is -1.20. The summed E-state index contributed by atoms with van der Waals surface area (Å²) in [6.07, 6.45) is 0. The van der Waals surface area contributed by atoms with E-state index in [1.54, 1.807) is 0 Å². The van der Waals surface area contributed by atoms with Crippen molar-refractivity contribution < 1.29 is 0 Å². The number of nitrogens with two attached hydrogens (primary N) is 1. The maximum Gasteiger partial charge on any atom is 0.164 e. The van der Waals surface area contributed by atoms with Crippen molar-refractivity contribution in [3.63, 3.8) is 0 Å². The second kappa shape index (κ2) is 4.82. The third-order valence-electron chi connectivity index (χ3n) is 2.69. The molecular weight excluding hydrogens is 292 g/mol. The zero-order valence-corrected chi connectivity index (χ0v) is 12.4. The molecule has 0 unspecified atom stereocenters. The first kappa shape index (κ1) is 13.2. The number of benzene rings is 1. The van der Waals surface area contributed by atoms with E-state index in [2.05, 4.69) is 51.5 Å². The van der Waals surface area contributed by atoms with Crippen LogP contribution in [0.5, 0.6) is 0 Å². The molecule has 0 fully saturated rings. The molecule has 0 aliphatic rings. The minimum absolute atomic E-state index is 0.0966. The molecule has 1 heterocycles. The Labute approximate surface area is 115 Å². The van der Waals surface area contributed by atoms with Crippen molar-refractivity contribution in [2.24, 2.45) is 5.73 Å². The van der Waals surface area contributed by atoms with Crippen LogP contribution in [-0.4, -0.2) is 14.8 Å². The molecule has 0 atom stereocenters. The van der Waals surface area contributed by atoms with E-state index in [0.29, 0.717) is 6.54 Å². The topological polar surface area (TPSA) is 56.7 Å². The van der Waals surface area contributed by atoms with Gasteiger partial charge in [0.25, 0.3) is 0 Å². The quantitative estimate of drug-likeness (QED) is 0.928. The normalized spacial score (nSPS) is 11.8. The van der Waals surface area contributed by atoms with Gasteiger partial charge in [-0.2, -0.15) is 0 Å². The van der Waals surface area contributed by atoms with Gasteiger partial charge in [0, 0.05) is 15.6 Å². The Balaban J connectivity index is 2.58. The molecule has 96 valence electrons. The highest BCUT2D eigenvalue weighted by atomic mass is 79.9. The molecule has 1 aromatic heterocycles. The standard InChI is InChI=1S/C13H17BrN4/c1-13(2,3)18-11(8-15)16-17-12(18)9-4-6-10(14)7-5-9/h4-7H,8,15H2,1-3H3. The van der Waals surface area contributed by atoms with E-state index >= 15 is 0 Å². The zero-order chi connectivity index (χ0) is 13.3. The van der Waals surface area contributed by atoms with Crippen LogP contribution >= 0.6 is 15.9 Å². The minimum Gasteiger partial charge on any atom is -0.324 e. The van der Waals surface area contributed by atoms with E-state index in [1.807, 2.05) is 24.3 Å². The molecule has 0 spiro atoms. The van der Waals surface area contributed by atoms with Crippen molar-refractivity contribution in [1.82, 2.24) is 14.8 Å². The highest BCUT2D eigenvalue weighted by Crippen LogP contribution is 2.26. The van der Waals surface area contributed by atoms with Crippen LogP contribution in [0.2, 0.25) is 0 Å². The molecule has 1 aromatic carbocycles. The lowest BCUT2D eigenvalue weighted by Crippen LogP contribution is -2.26. The molecule has 2 N–H and O–H groups in total. The van der Waals surface area contributed by atoms with Crippen LogP contribution in [-0.2, 0) is 12.1 Å². The summed E-state index contributed by atoms with van der Waals surface area (Å²) in [5.41, 5.74) is 6.68. The molecule has 4 nitrogen and oxygen atoms in total. The Morgan fingerprint density at radius 2 is 1.78 bits per heavy atom. The maximum absolute atomic E-state index is 5.73. The number of rotatable bonds is 2. The molecule has 2 rings (SSSR count). The van der Waals surface area contributed by atoms with Crippen LogP contribution in [0.1, 0.15) is 26.6 Å². The van der Waals surface area contributed by atoms with Crippen molar-refractivity contribution in [3.8, 4) is 11.4 Å². The monoisotopic (exact) mass is 308 g/mol. The number of hydrogen-bond acceptors (Lipinski definition) is 3. The van der Waals surface area contributed by atoms with Gasteiger partial charge in [-0.1, -0.05) is 28.1 Å². The van der Waals surface area contributed by atoms with Gasteiger partial charge in [0.2, 0.25) is 0 Å². The average Bonchev–Trinajstić information content (AvgIpc) is 2.73. The predicted octanol–water partition coefficient (Wildman–Crippen LogP) is 2.92. The molecule has 2 aromatic rings. The van der Waals surface area contributed by atoms with Gasteiger partial charge >= 0.3 is 0 Å². The molecule has 0 saturated heterocycles. The van der Waals surface area contributed by atoms with Crippen LogP contribution in [0.25, 0.3) is 11.4 Å². The molecule has 0 radical (unpaired) electrons. The van der Waals surface area contributed by atoms with Crippen LogP contribution in [0, 0.1) is 0 Å². The van der Waals surface area contributed by atoms with Gasteiger partial charge in [0.1, 0.15) is 5.82 Å². The first-order valence-corrected chi connectivity index (χ1v) is 6.63. The van der Waals surface area contributed by atoms with Crippen molar-refractivity contribution in [3.05, 3.63) is 34.6 Å². The lowest BCUT2D eigenvalue weighted by atomic mass is 10.1. The van der Waals surface area contributed by atoms with Gasteiger partial charge < -0.3 is 10.3 Å². The van der Waals surface area contributed by atoms with Gasteiger partial charge in [-0.3, -0.25) is 0 Å².